The minimum absolute atomic E-state index is 0.185. The second kappa shape index (κ2) is 7.36. The van der Waals surface area contributed by atoms with Crippen molar-refractivity contribution in [2.24, 2.45) is 0 Å². The minimum atomic E-state index is -0.440. The van der Waals surface area contributed by atoms with Crippen LogP contribution in [0.25, 0.3) is 0 Å². The first-order valence-electron chi connectivity index (χ1n) is 7.90. The van der Waals surface area contributed by atoms with Gasteiger partial charge in [-0.1, -0.05) is 6.07 Å². The average Bonchev–Trinajstić information content (AvgIpc) is 2.45. The summed E-state index contributed by atoms with van der Waals surface area (Å²) in [6.07, 6.45) is 4.97. The van der Waals surface area contributed by atoms with E-state index >= 15 is 0 Å². The molecule has 2 heterocycles. The monoisotopic (exact) mass is 322 g/mol. The standard InChI is InChI=1S/C17H26N2O2S/c1-13-8-9-15(18-11-13)22-12-14-7-5-6-10-19(14)16(20)21-17(2,3)4/h8-9,11,14H,5-7,10,12H2,1-4H3/t14-/m1/s1. The number of nitrogens with zero attached hydrogens (tertiary/aromatic N) is 2. The van der Waals surface area contributed by atoms with Crippen LogP contribution in [-0.2, 0) is 4.74 Å². The number of hydrogen-bond acceptors (Lipinski definition) is 4. The molecule has 2 rings (SSSR count). The average molecular weight is 322 g/mol. The molecule has 1 aliphatic rings. The molecule has 0 bridgehead atoms. The lowest BCUT2D eigenvalue weighted by atomic mass is 10.0. The van der Waals surface area contributed by atoms with E-state index in [2.05, 4.69) is 11.1 Å². The maximum Gasteiger partial charge on any atom is 0.410 e. The second-order valence-electron chi connectivity index (χ2n) is 6.81. The van der Waals surface area contributed by atoms with Gasteiger partial charge in [0.1, 0.15) is 5.60 Å². The Morgan fingerprint density at radius 3 is 2.82 bits per heavy atom. The molecule has 1 amide bonds. The molecule has 0 radical (unpaired) electrons. The van der Waals surface area contributed by atoms with Gasteiger partial charge in [-0.25, -0.2) is 9.78 Å². The highest BCUT2D eigenvalue weighted by molar-refractivity contribution is 7.99. The molecule has 1 fully saturated rings. The predicted molar refractivity (Wildman–Crippen MR) is 90.3 cm³/mol. The van der Waals surface area contributed by atoms with Crippen molar-refractivity contribution >= 4 is 17.9 Å². The van der Waals surface area contributed by atoms with Crippen LogP contribution in [0.3, 0.4) is 0 Å². The first-order valence-corrected chi connectivity index (χ1v) is 8.89. The van der Waals surface area contributed by atoms with Crippen molar-refractivity contribution in [1.82, 2.24) is 9.88 Å². The van der Waals surface area contributed by atoms with Gasteiger partial charge in [-0.2, -0.15) is 0 Å². The van der Waals surface area contributed by atoms with Gasteiger partial charge in [0.05, 0.1) is 5.03 Å². The van der Waals surface area contributed by atoms with Gasteiger partial charge < -0.3 is 9.64 Å². The Morgan fingerprint density at radius 1 is 1.41 bits per heavy atom. The molecule has 0 spiro atoms. The number of carbonyl (C=O) groups excluding carboxylic acids is 1. The fourth-order valence-corrected chi connectivity index (χ4v) is 3.46. The number of carbonyl (C=O) groups is 1. The number of likely N-dealkylation sites (tertiary alicyclic amines) is 1. The van der Waals surface area contributed by atoms with E-state index in [1.807, 2.05) is 44.9 Å². The minimum Gasteiger partial charge on any atom is -0.444 e. The summed E-state index contributed by atoms with van der Waals surface area (Å²) in [5.41, 5.74) is 0.725. The quantitative estimate of drug-likeness (QED) is 0.779. The molecule has 1 saturated heterocycles. The zero-order chi connectivity index (χ0) is 16.2. The highest BCUT2D eigenvalue weighted by Crippen LogP contribution is 2.26. The summed E-state index contributed by atoms with van der Waals surface area (Å²) in [6, 6.07) is 4.35. The van der Waals surface area contributed by atoms with Crippen molar-refractivity contribution in [3.63, 3.8) is 0 Å². The SMILES string of the molecule is Cc1ccc(SC[C@H]2CCCCN2C(=O)OC(C)(C)C)nc1. The van der Waals surface area contributed by atoms with Crippen LogP contribution in [0.5, 0.6) is 0 Å². The first kappa shape index (κ1) is 17.1. The number of aryl methyl sites for hydroxylation is 1. The molecule has 5 heteroatoms. The number of ether oxygens (including phenoxy) is 1. The predicted octanol–water partition coefficient (Wildman–Crippen LogP) is 4.27. The van der Waals surface area contributed by atoms with E-state index in [9.17, 15) is 4.79 Å². The lowest BCUT2D eigenvalue weighted by Crippen LogP contribution is -2.47. The highest BCUT2D eigenvalue weighted by atomic mass is 32.2. The van der Waals surface area contributed by atoms with E-state index in [1.165, 1.54) is 6.42 Å². The Kier molecular flexibility index (Phi) is 5.73. The van der Waals surface area contributed by atoms with Crippen molar-refractivity contribution in [3.05, 3.63) is 23.9 Å². The van der Waals surface area contributed by atoms with Crippen molar-refractivity contribution < 1.29 is 9.53 Å². The number of hydrogen-bond donors (Lipinski definition) is 0. The molecule has 0 aromatic carbocycles. The van der Waals surface area contributed by atoms with Crippen molar-refractivity contribution in [3.8, 4) is 0 Å². The topological polar surface area (TPSA) is 42.4 Å². The zero-order valence-electron chi connectivity index (χ0n) is 14.0. The molecule has 0 N–H and O–H groups in total. The highest BCUT2D eigenvalue weighted by Gasteiger charge is 2.30. The molecule has 1 atom stereocenters. The molecule has 1 aromatic rings. The van der Waals surface area contributed by atoms with E-state index in [-0.39, 0.29) is 12.1 Å². The molecular weight excluding hydrogens is 296 g/mol. The lowest BCUT2D eigenvalue weighted by molar-refractivity contribution is 0.0126. The molecule has 0 unspecified atom stereocenters. The summed E-state index contributed by atoms with van der Waals surface area (Å²) < 4.78 is 5.54. The number of aromatic nitrogens is 1. The van der Waals surface area contributed by atoms with E-state index in [4.69, 9.17) is 4.74 Å². The summed E-state index contributed by atoms with van der Waals surface area (Å²) in [7, 11) is 0. The third kappa shape index (κ3) is 5.20. The molecule has 22 heavy (non-hydrogen) atoms. The Labute approximate surface area is 137 Å². The Bertz CT molecular complexity index is 496. The van der Waals surface area contributed by atoms with Gasteiger partial charge in [0.15, 0.2) is 0 Å². The molecule has 1 aliphatic heterocycles. The van der Waals surface area contributed by atoms with E-state index in [0.29, 0.717) is 0 Å². The van der Waals surface area contributed by atoms with E-state index < -0.39 is 5.60 Å². The van der Waals surface area contributed by atoms with Gasteiger partial charge in [0, 0.05) is 24.5 Å². The fraction of sp³-hybridized carbons (Fsp3) is 0.647. The molecule has 0 aliphatic carbocycles. The Morgan fingerprint density at radius 2 is 2.18 bits per heavy atom. The number of amides is 1. The van der Waals surface area contributed by atoms with Crippen molar-refractivity contribution in [2.45, 2.75) is 63.6 Å². The van der Waals surface area contributed by atoms with E-state index in [1.54, 1.807) is 11.8 Å². The van der Waals surface area contributed by atoms with Gasteiger partial charge >= 0.3 is 6.09 Å². The molecule has 122 valence electrons. The van der Waals surface area contributed by atoms with Crippen LogP contribution in [0.15, 0.2) is 23.4 Å². The normalized spacial score (nSPS) is 19.1. The van der Waals surface area contributed by atoms with Crippen molar-refractivity contribution in [1.29, 1.82) is 0 Å². The van der Waals surface area contributed by atoms with Gasteiger partial charge in [-0.3, -0.25) is 0 Å². The van der Waals surface area contributed by atoms with Crippen LogP contribution in [-0.4, -0.2) is 39.9 Å². The summed E-state index contributed by atoms with van der Waals surface area (Å²) in [6.45, 7) is 8.56. The van der Waals surface area contributed by atoms with Crippen LogP contribution in [0, 0.1) is 6.92 Å². The molecule has 4 nitrogen and oxygen atoms in total. The smallest absolute Gasteiger partial charge is 0.410 e. The second-order valence-corrected chi connectivity index (χ2v) is 7.85. The maximum absolute atomic E-state index is 12.4. The lowest BCUT2D eigenvalue weighted by Gasteiger charge is -2.36. The van der Waals surface area contributed by atoms with Crippen LogP contribution >= 0.6 is 11.8 Å². The Balaban J connectivity index is 1.94. The largest absolute Gasteiger partial charge is 0.444 e. The summed E-state index contributed by atoms with van der Waals surface area (Å²) in [5, 5.41) is 1.01. The zero-order valence-corrected chi connectivity index (χ0v) is 14.8. The molecule has 0 saturated carbocycles. The number of thioether (sulfide) groups is 1. The van der Waals surface area contributed by atoms with Crippen LogP contribution in [0.1, 0.15) is 45.6 Å². The molecule has 1 aromatic heterocycles. The van der Waals surface area contributed by atoms with Gasteiger partial charge in [-0.05, 0) is 58.6 Å². The van der Waals surface area contributed by atoms with Gasteiger partial charge in [0.2, 0.25) is 0 Å². The van der Waals surface area contributed by atoms with Crippen molar-refractivity contribution in [2.75, 3.05) is 12.3 Å². The van der Waals surface area contributed by atoms with E-state index in [0.717, 1.165) is 35.7 Å². The van der Waals surface area contributed by atoms with Crippen LogP contribution in [0.4, 0.5) is 4.79 Å². The number of pyridine rings is 1. The Hall–Kier alpha value is -1.23. The summed E-state index contributed by atoms with van der Waals surface area (Å²) in [5.74, 6) is 0.870. The summed E-state index contributed by atoms with van der Waals surface area (Å²) >= 11 is 1.71. The number of piperidine rings is 1. The third-order valence-electron chi connectivity index (χ3n) is 3.56. The van der Waals surface area contributed by atoms with Gasteiger partial charge in [0.25, 0.3) is 0 Å². The van der Waals surface area contributed by atoms with Crippen LogP contribution in [0.2, 0.25) is 0 Å². The first-order chi connectivity index (χ1) is 10.3. The third-order valence-corrected chi connectivity index (χ3v) is 4.65. The number of rotatable bonds is 3. The fourth-order valence-electron chi connectivity index (χ4n) is 2.46. The summed E-state index contributed by atoms with van der Waals surface area (Å²) in [4.78, 5) is 18.7. The maximum atomic E-state index is 12.4. The van der Waals surface area contributed by atoms with Gasteiger partial charge in [-0.15, -0.1) is 11.8 Å². The molecular formula is C17H26N2O2S. The van der Waals surface area contributed by atoms with Crippen LogP contribution < -0.4 is 0 Å².